The third-order valence-corrected chi connectivity index (χ3v) is 5.62. The molecule has 1 aromatic rings. The Morgan fingerprint density at radius 1 is 1.20 bits per heavy atom. The third-order valence-electron chi connectivity index (χ3n) is 5.31. The van der Waals surface area contributed by atoms with E-state index in [0.29, 0.717) is 16.0 Å². The molecule has 25 heavy (non-hydrogen) atoms. The maximum absolute atomic E-state index is 12.1. The molecule has 1 saturated heterocycles. The number of halogens is 1. The standard InChI is InChI=1S/C20H32ClN3O/c1-20(9-6-12-22(2)3)10-13-24(14-11-20)16-7-8-17(18(21)15-16)19(25)23(4)5/h7-8,15H,6,9-14H2,1-5H3. The number of hydrogen-bond acceptors (Lipinski definition) is 3. The molecule has 1 aliphatic heterocycles. The van der Waals surface area contributed by atoms with Gasteiger partial charge in [0.1, 0.15) is 0 Å². The highest BCUT2D eigenvalue weighted by Crippen LogP contribution is 2.37. The van der Waals surface area contributed by atoms with E-state index in [-0.39, 0.29) is 5.91 Å². The molecule has 0 unspecified atom stereocenters. The van der Waals surface area contributed by atoms with Gasteiger partial charge in [-0.15, -0.1) is 0 Å². The van der Waals surface area contributed by atoms with Crippen LogP contribution in [0.1, 0.15) is 43.0 Å². The van der Waals surface area contributed by atoms with Crippen molar-refractivity contribution in [2.24, 2.45) is 5.41 Å². The number of carbonyl (C=O) groups is 1. The van der Waals surface area contributed by atoms with Crippen LogP contribution in [-0.2, 0) is 0 Å². The van der Waals surface area contributed by atoms with Crippen molar-refractivity contribution in [2.75, 3.05) is 52.7 Å². The average Bonchev–Trinajstić information content (AvgIpc) is 2.54. The zero-order valence-electron chi connectivity index (χ0n) is 16.3. The largest absolute Gasteiger partial charge is 0.371 e. The molecule has 0 saturated carbocycles. The molecule has 0 bridgehead atoms. The quantitative estimate of drug-likeness (QED) is 0.762. The van der Waals surface area contributed by atoms with Crippen LogP contribution in [0.15, 0.2) is 18.2 Å². The van der Waals surface area contributed by atoms with Gasteiger partial charge in [-0.1, -0.05) is 18.5 Å². The van der Waals surface area contributed by atoms with Crippen LogP contribution >= 0.6 is 11.6 Å². The van der Waals surface area contributed by atoms with Gasteiger partial charge in [-0.25, -0.2) is 0 Å². The van der Waals surface area contributed by atoms with Crippen LogP contribution in [0.3, 0.4) is 0 Å². The SMILES string of the molecule is CN(C)CCCC1(C)CCN(c2ccc(C(=O)N(C)C)c(Cl)c2)CC1. The Morgan fingerprint density at radius 3 is 2.36 bits per heavy atom. The number of amides is 1. The number of benzene rings is 1. The Hall–Kier alpha value is -1.26. The highest BCUT2D eigenvalue weighted by Gasteiger charge is 2.30. The normalized spacial score (nSPS) is 17.0. The van der Waals surface area contributed by atoms with Crippen molar-refractivity contribution in [3.8, 4) is 0 Å². The molecular weight excluding hydrogens is 334 g/mol. The summed E-state index contributed by atoms with van der Waals surface area (Å²) in [7, 11) is 7.77. The fraction of sp³-hybridized carbons (Fsp3) is 0.650. The molecule has 5 heteroatoms. The van der Waals surface area contributed by atoms with Crippen LogP contribution in [0.4, 0.5) is 5.69 Å². The van der Waals surface area contributed by atoms with Crippen molar-refractivity contribution in [3.63, 3.8) is 0 Å². The van der Waals surface area contributed by atoms with Gasteiger partial charge >= 0.3 is 0 Å². The number of hydrogen-bond donors (Lipinski definition) is 0. The number of carbonyl (C=O) groups excluding carboxylic acids is 1. The van der Waals surface area contributed by atoms with Crippen molar-refractivity contribution < 1.29 is 4.79 Å². The molecule has 140 valence electrons. The molecule has 0 N–H and O–H groups in total. The van der Waals surface area contributed by atoms with Crippen LogP contribution < -0.4 is 4.90 Å². The lowest BCUT2D eigenvalue weighted by Gasteiger charge is -2.41. The summed E-state index contributed by atoms with van der Waals surface area (Å²) >= 11 is 6.36. The van der Waals surface area contributed by atoms with Crippen molar-refractivity contribution in [3.05, 3.63) is 28.8 Å². The molecule has 0 spiro atoms. The first-order chi connectivity index (χ1) is 11.7. The molecular formula is C20H32ClN3O. The summed E-state index contributed by atoms with van der Waals surface area (Å²) in [4.78, 5) is 18.3. The van der Waals surface area contributed by atoms with Crippen LogP contribution in [-0.4, -0.2) is 63.5 Å². The lowest BCUT2D eigenvalue weighted by molar-refractivity contribution is 0.0828. The second-order valence-electron chi connectivity index (χ2n) is 8.07. The van der Waals surface area contributed by atoms with Gasteiger partial charge in [0, 0.05) is 32.9 Å². The third kappa shape index (κ3) is 5.35. The molecule has 4 nitrogen and oxygen atoms in total. The first-order valence-electron chi connectivity index (χ1n) is 9.13. The summed E-state index contributed by atoms with van der Waals surface area (Å²) in [5.41, 5.74) is 2.13. The molecule has 0 radical (unpaired) electrons. The maximum atomic E-state index is 12.1. The highest BCUT2D eigenvalue weighted by molar-refractivity contribution is 6.34. The van der Waals surface area contributed by atoms with Crippen molar-refractivity contribution in [2.45, 2.75) is 32.6 Å². The molecule has 0 atom stereocenters. The lowest BCUT2D eigenvalue weighted by atomic mass is 9.76. The number of piperidine rings is 1. The second kappa shape index (κ2) is 8.41. The summed E-state index contributed by atoms with van der Waals surface area (Å²) in [5, 5.41) is 0.538. The van der Waals surface area contributed by atoms with Gasteiger partial charge in [0.25, 0.3) is 5.91 Å². The lowest BCUT2D eigenvalue weighted by Crippen LogP contribution is -2.39. The predicted molar refractivity (Wildman–Crippen MR) is 107 cm³/mol. The zero-order valence-corrected chi connectivity index (χ0v) is 17.1. The minimum atomic E-state index is -0.0522. The van der Waals surface area contributed by atoms with Crippen LogP contribution in [0, 0.1) is 5.41 Å². The van der Waals surface area contributed by atoms with E-state index in [1.807, 2.05) is 18.2 Å². The summed E-state index contributed by atoms with van der Waals surface area (Å²) < 4.78 is 0. The van der Waals surface area contributed by atoms with E-state index >= 15 is 0 Å². The van der Waals surface area contributed by atoms with Gasteiger partial charge in [0.15, 0.2) is 0 Å². The number of nitrogens with zero attached hydrogens (tertiary/aromatic N) is 3. The maximum Gasteiger partial charge on any atom is 0.254 e. The molecule has 2 rings (SSSR count). The van der Waals surface area contributed by atoms with E-state index < -0.39 is 0 Å². The van der Waals surface area contributed by atoms with E-state index in [9.17, 15) is 4.79 Å². The first kappa shape index (κ1) is 20.1. The summed E-state index contributed by atoms with van der Waals surface area (Å²) in [6.07, 6.45) is 4.96. The molecule has 1 aromatic carbocycles. The summed E-state index contributed by atoms with van der Waals surface area (Å²) in [6.45, 7) is 5.69. The van der Waals surface area contributed by atoms with Gasteiger partial charge in [0.2, 0.25) is 0 Å². The molecule has 1 heterocycles. The van der Waals surface area contributed by atoms with E-state index in [4.69, 9.17) is 11.6 Å². The minimum Gasteiger partial charge on any atom is -0.371 e. The highest BCUT2D eigenvalue weighted by atomic mass is 35.5. The second-order valence-corrected chi connectivity index (χ2v) is 8.48. The van der Waals surface area contributed by atoms with Crippen LogP contribution in [0.5, 0.6) is 0 Å². The van der Waals surface area contributed by atoms with Crippen LogP contribution in [0.2, 0.25) is 5.02 Å². The fourth-order valence-electron chi connectivity index (χ4n) is 3.49. The van der Waals surface area contributed by atoms with Gasteiger partial charge in [-0.05, 0) is 69.9 Å². The topological polar surface area (TPSA) is 26.8 Å². The Bertz CT molecular complexity index is 593. The van der Waals surface area contributed by atoms with Crippen LogP contribution in [0.25, 0.3) is 0 Å². The van der Waals surface area contributed by atoms with Crippen molar-refractivity contribution >= 4 is 23.2 Å². The minimum absolute atomic E-state index is 0.0522. The van der Waals surface area contributed by atoms with E-state index in [0.717, 1.165) is 25.3 Å². The Balaban J connectivity index is 1.96. The van der Waals surface area contributed by atoms with Gasteiger partial charge < -0.3 is 14.7 Å². The molecule has 1 amide bonds. The molecule has 0 aliphatic carbocycles. The number of anilines is 1. The van der Waals surface area contributed by atoms with Gasteiger partial charge in [-0.2, -0.15) is 0 Å². The smallest absolute Gasteiger partial charge is 0.254 e. The predicted octanol–water partition coefficient (Wildman–Crippen LogP) is 3.99. The van der Waals surface area contributed by atoms with Gasteiger partial charge in [0.05, 0.1) is 10.6 Å². The number of rotatable bonds is 6. The molecule has 1 aliphatic rings. The molecule has 1 fully saturated rings. The Labute approximate surface area is 157 Å². The average molecular weight is 366 g/mol. The summed E-state index contributed by atoms with van der Waals surface area (Å²) in [6, 6.07) is 5.81. The monoisotopic (exact) mass is 365 g/mol. The Kier molecular flexibility index (Phi) is 6.75. The van der Waals surface area contributed by atoms with Gasteiger partial charge in [-0.3, -0.25) is 4.79 Å². The van der Waals surface area contributed by atoms with Crippen molar-refractivity contribution in [1.29, 1.82) is 0 Å². The van der Waals surface area contributed by atoms with E-state index in [1.165, 1.54) is 25.7 Å². The van der Waals surface area contributed by atoms with E-state index in [1.54, 1.807) is 19.0 Å². The fourth-order valence-corrected chi connectivity index (χ4v) is 3.75. The summed E-state index contributed by atoms with van der Waals surface area (Å²) in [5.74, 6) is -0.0522. The molecule has 0 aromatic heterocycles. The first-order valence-corrected chi connectivity index (χ1v) is 9.50. The van der Waals surface area contributed by atoms with Crippen molar-refractivity contribution in [1.82, 2.24) is 9.80 Å². The zero-order chi connectivity index (χ0) is 18.6. The van der Waals surface area contributed by atoms with E-state index in [2.05, 4.69) is 30.8 Å². The Morgan fingerprint density at radius 2 is 1.84 bits per heavy atom.